The molecule has 4 aliphatic rings. The summed E-state index contributed by atoms with van der Waals surface area (Å²) < 4.78 is 35.6. The zero-order valence-electron chi connectivity index (χ0n) is 26.0. The van der Waals surface area contributed by atoms with E-state index in [1.807, 2.05) is 0 Å². The molecule has 3 fully saturated rings. The lowest BCUT2D eigenvalue weighted by atomic mass is 9.45. The third-order valence-corrected chi connectivity index (χ3v) is 9.97. The van der Waals surface area contributed by atoms with E-state index in [0.717, 1.165) is 6.92 Å². The molecule has 4 rings (SSSR count). The molecule has 240 valence electrons. The second-order valence-electron chi connectivity index (χ2n) is 13.0. The van der Waals surface area contributed by atoms with Crippen molar-refractivity contribution in [2.24, 2.45) is 16.7 Å². The predicted octanol–water partition coefficient (Wildman–Crippen LogP) is 1.29. The normalized spacial score (nSPS) is 41.1. The second kappa shape index (κ2) is 10.8. The molecule has 10 atom stereocenters. The number of carbonyl (C=O) groups is 5. The van der Waals surface area contributed by atoms with Crippen molar-refractivity contribution in [3.63, 3.8) is 0 Å². The van der Waals surface area contributed by atoms with Gasteiger partial charge in [-0.1, -0.05) is 20.8 Å². The SMILES string of the molecule is CC(=O)O[C@@H]1C2=C(C)[C@@H](O)C[C@@](O)([C@@H](OC(C)=O)[C@@H]3[C@]4(CO4)[C@@H](OC(C)=O)C[C@H](OC(C)=O)[C@@]3(C)[C@H]1OC(C)=O)C2(C)C. The van der Waals surface area contributed by atoms with Crippen molar-refractivity contribution in [2.45, 2.75) is 123 Å². The first-order chi connectivity index (χ1) is 19.7. The number of aliphatic hydroxyl groups is 2. The Kier molecular flexibility index (Phi) is 8.29. The maximum Gasteiger partial charge on any atom is 0.303 e. The standard InChI is InChI=1S/C30H42O13/c1-13-19(36)11-30(37)26(43-18(6)35)24-28(9,20(39-14(2)31)10-21(40-15(3)32)29(24)12-38-29)25(42-17(5)34)23(41-16(4)33)22(13)27(30,7)8/h19-21,23-26,36-37H,10-12H2,1-9H3/t19-,20-,21-,23+,24-,25-,26-,28+,29-,30+/m0/s1. The molecule has 43 heavy (non-hydrogen) atoms. The summed E-state index contributed by atoms with van der Waals surface area (Å²) in [5.74, 6) is -4.82. The van der Waals surface area contributed by atoms with Crippen molar-refractivity contribution < 1.29 is 62.6 Å². The summed E-state index contributed by atoms with van der Waals surface area (Å²) >= 11 is 0. The van der Waals surface area contributed by atoms with Gasteiger partial charge in [-0.15, -0.1) is 0 Å². The summed E-state index contributed by atoms with van der Waals surface area (Å²) in [6.07, 6.45) is -8.19. The minimum atomic E-state index is -2.05. The molecule has 0 radical (unpaired) electrons. The fraction of sp³-hybridized carbons (Fsp3) is 0.767. The lowest BCUT2D eigenvalue weighted by Crippen LogP contribution is -2.76. The van der Waals surface area contributed by atoms with E-state index in [1.54, 1.807) is 27.7 Å². The Morgan fingerprint density at radius 3 is 1.70 bits per heavy atom. The molecule has 1 heterocycles. The zero-order valence-corrected chi connectivity index (χ0v) is 26.0. The minimum Gasteiger partial charge on any atom is -0.462 e. The second-order valence-corrected chi connectivity index (χ2v) is 13.0. The maximum atomic E-state index is 12.8. The van der Waals surface area contributed by atoms with Gasteiger partial charge < -0.3 is 38.6 Å². The van der Waals surface area contributed by atoms with Crippen LogP contribution in [0, 0.1) is 16.7 Å². The van der Waals surface area contributed by atoms with Gasteiger partial charge in [-0.3, -0.25) is 24.0 Å². The molecule has 0 aromatic rings. The predicted molar refractivity (Wildman–Crippen MR) is 145 cm³/mol. The van der Waals surface area contributed by atoms with E-state index in [0.29, 0.717) is 5.57 Å². The highest BCUT2D eigenvalue weighted by Crippen LogP contribution is 2.66. The number of epoxide rings is 1. The zero-order chi connectivity index (χ0) is 32.4. The number of esters is 5. The first-order valence-corrected chi connectivity index (χ1v) is 14.4. The molecule has 1 spiro atoms. The average molecular weight is 611 g/mol. The van der Waals surface area contributed by atoms with E-state index in [2.05, 4.69) is 0 Å². The average Bonchev–Trinajstić information content (AvgIpc) is 3.63. The topological polar surface area (TPSA) is 184 Å². The molecule has 0 unspecified atom stereocenters. The lowest BCUT2D eigenvalue weighted by molar-refractivity contribution is -0.284. The molecule has 3 aliphatic carbocycles. The number of rotatable bonds is 5. The van der Waals surface area contributed by atoms with Crippen LogP contribution in [0.5, 0.6) is 0 Å². The van der Waals surface area contributed by atoms with Crippen LogP contribution in [-0.4, -0.2) is 94.5 Å². The third-order valence-electron chi connectivity index (χ3n) is 9.97. The van der Waals surface area contributed by atoms with E-state index in [9.17, 15) is 34.2 Å². The Bertz CT molecular complexity index is 1250. The van der Waals surface area contributed by atoms with Gasteiger partial charge in [0.25, 0.3) is 0 Å². The van der Waals surface area contributed by atoms with Crippen LogP contribution in [0.1, 0.15) is 75.2 Å². The molecule has 2 bridgehead atoms. The number of fused-ring (bicyclic) bond motifs is 4. The van der Waals surface area contributed by atoms with E-state index in [-0.39, 0.29) is 25.0 Å². The number of hydrogen-bond acceptors (Lipinski definition) is 13. The molecule has 1 saturated heterocycles. The Hall–Kier alpha value is -3.03. The van der Waals surface area contributed by atoms with Crippen molar-refractivity contribution in [1.29, 1.82) is 0 Å². The van der Waals surface area contributed by atoms with Crippen molar-refractivity contribution in [1.82, 2.24) is 0 Å². The van der Waals surface area contributed by atoms with E-state index in [4.69, 9.17) is 28.4 Å². The largest absolute Gasteiger partial charge is 0.462 e. The Balaban J connectivity index is 2.18. The van der Waals surface area contributed by atoms with Crippen LogP contribution in [0.25, 0.3) is 0 Å². The Labute approximate surface area is 250 Å². The Morgan fingerprint density at radius 1 is 0.767 bits per heavy atom. The number of carbonyl (C=O) groups excluding carboxylic acids is 5. The van der Waals surface area contributed by atoms with E-state index in [1.165, 1.54) is 27.7 Å². The van der Waals surface area contributed by atoms with Gasteiger partial charge in [0.05, 0.1) is 18.1 Å². The summed E-state index contributed by atoms with van der Waals surface area (Å²) in [7, 11) is 0. The summed E-state index contributed by atoms with van der Waals surface area (Å²) in [5.41, 5.74) is -5.78. The summed E-state index contributed by atoms with van der Waals surface area (Å²) in [4.78, 5) is 63.1. The van der Waals surface area contributed by atoms with Crippen LogP contribution in [0.2, 0.25) is 0 Å². The van der Waals surface area contributed by atoms with Crippen molar-refractivity contribution in [2.75, 3.05) is 6.61 Å². The van der Waals surface area contributed by atoms with E-state index < -0.39 is 94.4 Å². The van der Waals surface area contributed by atoms with Gasteiger partial charge in [0.1, 0.15) is 29.5 Å². The van der Waals surface area contributed by atoms with Crippen LogP contribution < -0.4 is 0 Å². The van der Waals surface area contributed by atoms with Crippen LogP contribution in [0.4, 0.5) is 0 Å². The van der Waals surface area contributed by atoms with Gasteiger partial charge in [-0.2, -0.15) is 0 Å². The van der Waals surface area contributed by atoms with E-state index >= 15 is 0 Å². The maximum absolute atomic E-state index is 12.8. The minimum absolute atomic E-state index is 0.0123. The summed E-state index contributed by atoms with van der Waals surface area (Å²) in [5, 5.41) is 24.2. The molecule has 0 aromatic heterocycles. The highest BCUT2D eigenvalue weighted by molar-refractivity contribution is 5.70. The molecule has 0 amide bonds. The molecule has 13 heteroatoms. The molecular weight excluding hydrogens is 568 g/mol. The first kappa shape index (κ1) is 32.9. The number of hydrogen-bond donors (Lipinski definition) is 2. The molecule has 0 aromatic carbocycles. The molecule has 2 saturated carbocycles. The highest BCUT2D eigenvalue weighted by Gasteiger charge is 2.80. The highest BCUT2D eigenvalue weighted by atomic mass is 16.6. The first-order valence-electron chi connectivity index (χ1n) is 14.4. The summed E-state index contributed by atoms with van der Waals surface area (Å²) in [6.45, 7) is 12.5. The van der Waals surface area contributed by atoms with Gasteiger partial charge in [-0.25, -0.2) is 0 Å². The monoisotopic (exact) mass is 610 g/mol. The van der Waals surface area contributed by atoms with Crippen molar-refractivity contribution in [3.8, 4) is 0 Å². The fourth-order valence-electron chi connectivity index (χ4n) is 8.11. The fourth-order valence-corrected chi connectivity index (χ4v) is 8.11. The molecular formula is C30H42O13. The van der Waals surface area contributed by atoms with Crippen LogP contribution in [0.3, 0.4) is 0 Å². The quantitative estimate of drug-likeness (QED) is 0.197. The van der Waals surface area contributed by atoms with Gasteiger partial charge >= 0.3 is 29.8 Å². The number of ether oxygens (including phenoxy) is 6. The van der Waals surface area contributed by atoms with Gasteiger partial charge in [0, 0.05) is 58.8 Å². The van der Waals surface area contributed by atoms with Gasteiger partial charge in [0.15, 0.2) is 12.2 Å². The smallest absolute Gasteiger partial charge is 0.303 e. The summed E-state index contributed by atoms with van der Waals surface area (Å²) in [6, 6.07) is 0. The Morgan fingerprint density at radius 2 is 1.23 bits per heavy atom. The lowest BCUT2D eigenvalue weighted by Gasteiger charge is -2.64. The van der Waals surface area contributed by atoms with Gasteiger partial charge in [-0.05, 0) is 18.1 Å². The van der Waals surface area contributed by atoms with Crippen LogP contribution in [-0.2, 0) is 52.4 Å². The van der Waals surface area contributed by atoms with Crippen LogP contribution >= 0.6 is 0 Å². The van der Waals surface area contributed by atoms with Crippen molar-refractivity contribution in [3.05, 3.63) is 11.1 Å². The van der Waals surface area contributed by atoms with Crippen LogP contribution in [0.15, 0.2) is 11.1 Å². The molecule has 2 N–H and O–H groups in total. The molecule has 13 nitrogen and oxygen atoms in total. The number of aliphatic hydroxyl groups excluding tert-OH is 1. The van der Waals surface area contributed by atoms with Crippen molar-refractivity contribution >= 4 is 29.8 Å². The third kappa shape index (κ3) is 5.12. The molecule has 1 aliphatic heterocycles. The van der Waals surface area contributed by atoms with Gasteiger partial charge in [0.2, 0.25) is 0 Å².